The van der Waals surface area contributed by atoms with E-state index in [1.165, 1.54) is 28.0 Å². The number of carbonyl (C=O) groups is 1. The predicted octanol–water partition coefficient (Wildman–Crippen LogP) is 5.89. The van der Waals surface area contributed by atoms with E-state index >= 15 is 0 Å². The van der Waals surface area contributed by atoms with E-state index in [0.717, 1.165) is 24.0 Å². The minimum atomic E-state index is -0.410. The molecule has 9 heteroatoms. The Hall–Kier alpha value is -4.37. The lowest BCUT2D eigenvalue weighted by Crippen LogP contribution is -2.36. The van der Waals surface area contributed by atoms with E-state index in [1.807, 2.05) is 59.5 Å². The molecule has 0 bridgehead atoms. The van der Waals surface area contributed by atoms with Crippen molar-refractivity contribution in [3.8, 4) is 17.1 Å². The summed E-state index contributed by atoms with van der Waals surface area (Å²) in [6.45, 7) is 0.924. The molecule has 0 spiro atoms. The number of nitrogens with zero attached hydrogens (tertiary/aromatic N) is 4. The number of anilines is 1. The van der Waals surface area contributed by atoms with Gasteiger partial charge in [0, 0.05) is 18.5 Å². The Morgan fingerprint density at radius 1 is 1.02 bits per heavy atom. The first-order chi connectivity index (χ1) is 20.0. The van der Waals surface area contributed by atoms with Crippen molar-refractivity contribution in [3.05, 3.63) is 106 Å². The molecule has 0 N–H and O–H groups in total. The van der Waals surface area contributed by atoms with Crippen molar-refractivity contribution in [2.75, 3.05) is 18.6 Å². The summed E-state index contributed by atoms with van der Waals surface area (Å²) < 4.78 is 21.0. The van der Waals surface area contributed by atoms with Gasteiger partial charge >= 0.3 is 0 Å². The van der Waals surface area contributed by atoms with Crippen LogP contribution in [0, 0.1) is 5.82 Å². The summed E-state index contributed by atoms with van der Waals surface area (Å²) in [4.78, 5) is 39.2. The Labute approximate surface area is 240 Å². The maximum atomic E-state index is 14.2. The molecule has 41 heavy (non-hydrogen) atoms. The van der Waals surface area contributed by atoms with E-state index in [9.17, 15) is 14.0 Å². The number of fused-ring (bicyclic) bond motifs is 1. The Bertz CT molecular complexity index is 1750. The minimum Gasteiger partial charge on any atom is -0.497 e. The standard InChI is InChI=1S/C32H29FN4O3S/c1-40-25-15-12-22(13-16-25)20-37-29(23-9-5-10-24(33)19-23)35-30-28(31(37)39)34-32(41-30)36-18-6-11-26(36)27(38)17-14-21-7-3-2-4-8-21/h2-5,7-10,12-13,15-16,19,26H,6,11,14,17-18,20H2,1H3/t26-/m1/s1. The van der Waals surface area contributed by atoms with Crippen molar-refractivity contribution < 1.29 is 13.9 Å². The Balaban J connectivity index is 1.35. The van der Waals surface area contributed by atoms with Crippen LogP contribution < -0.4 is 15.2 Å². The highest BCUT2D eigenvalue weighted by atomic mass is 32.1. The van der Waals surface area contributed by atoms with Crippen molar-refractivity contribution >= 4 is 32.6 Å². The van der Waals surface area contributed by atoms with Gasteiger partial charge in [0.1, 0.15) is 17.4 Å². The normalized spacial score (nSPS) is 15.0. The van der Waals surface area contributed by atoms with Gasteiger partial charge in [-0.25, -0.2) is 14.4 Å². The zero-order chi connectivity index (χ0) is 28.3. The topological polar surface area (TPSA) is 77.3 Å². The second kappa shape index (κ2) is 11.6. The second-order valence-electron chi connectivity index (χ2n) is 10.1. The quantitative estimate of drug-likeness (QED) is 0.221. The molecule has 0 saturated carbocycles. The van der Waals surface area contributed by atoms with E-state index in [0.29, 0.717) is 46.5 Å². The van der Waals surface area contributed by atoms with Gasteiger partial charge in [-0.15, -0.1) is 0 Å². The number of halogens is 1. The van der Waals surface area contributed by atoms with Crippen LogP contribution in [0.3, 0.4) is 0 Å². The number of thiazole rings is 1. The van der Waals surface area contributed by atoms with E-state index in [4.69, 9.17) is 14.7 Å². The van der Waals surface area contributed by atoms with Gasteiger partial charge < -0.3 is 9.64 Å². The van der Waals surface area contributed by atoms with Crippen LogP contribution in [-0.4, -0.2) is 40.0 Å². The number of aromatic nitrogens is 3. The summed E-state index contributed by atoms with van der Waals surface area (Å²) in [6.07, 6.45) is 2.78. The summed E-state index contributed by atoms with van der Waals surface area (Å²) in [5.41, 5.74) is 2.45. The lowest BCUT2D eigenvalue weighted by molar-refractivity contribution is -0.120. The SMILES string of the molecule is COc1ccc(Cn2c(-c3cccc(F)c3)nc3sc(N4CCC[C@@H]4C(=O)CCc4ccccc4)nc3c2=O)cc1. The highest BCUT2D eigenvalue weighted by Crippen LogP contribution is 2.33. The highest BCUT2D eigenvalue weighted by molar-refractivity contribution is 7.21. The number of hydrogen-bond donors (Lipinski definition) is 0. The largest absolute Gasteiger partial charge is 0.497 e. The van der Waals surface area contributed by atoms with Crippen LogP contribution in [0.5, 0.6) is 5.75 Å². The predicted molar refractivity (Wildman–Crippen MR) is 159 cm³/mol. The number of carbonyl (C=O) groups excluding carboxylic acids is 1. The molecule has 0 amide bonds. The van der Waals surface area contributed by atoms with Gasteiger partial charge in [-0.3, -0.25) is 14.2 Å². The Morgan fingerprint density at radius 2 is 1.83 bits per heavy atom. The second-order valence-corrected chi connectivity index (χ2v) is 11.1. The number of aryl methyl sites for hydroxylation is 1. The first-order valence-corrected chi connectivity index (χ1v) is 14.5. The first kappa shape index (κ1) is 26.8. The van der Waals surface area contributed by atoms with Crippen molar-refractivity contribution in [3.63, 3.8) is 0 Å². The van der Waals surface area contributed by atoms with E-state index in [2.05, 4.69) is 0 Å². The molecule has 0 aliphatic carbocycles. The lowest BCUT2D eigenvalue weighted by atomic mass is 10.0. The number of hydrogen-bond acceptors (Lipinski definition) is 7. The molecule has 3 aromatic carbocycles. The number of ether oxygens (including phenoxy) is 1. The van der Waals surface area contributed by atoms with E-state index < -0.39 is 5.82 Å². The molecule has 3 heterocycles. The molecule has 7 nitrogen and oxygen atoms in total. The van der Waals surface area contributed by atoms with Gasteiger partial charge in [0.05, 0.1) is 19.7 Å². The van der Waals surface area contributed by atoms with Gasteiger partial charge in [-0.05, 0) is 54.7 Å². The molecule has 1 aliphatic rings. The lowest BCUT2D eigenvalue weighted by Gasteiger charge is -2.22. The molecular formula is C32H29FN4O3S. The molecule has 208 valence electrons. The highest BCUT2D eigenvalue weighted by Gasteiger charge is 2.33. The molecule has 1 saturated heterocycles. The number of rotatable bonds is 9. The fraction of sp³-hybridized carbons (Fsp3) is 0.250. The zero-order valence-corrected chi connectivity index (χ0v) is 23.4. The average Bonchev–Trinajstić information content (AvgIpc) is 3.66. The maximum absolute atomic E-state index is 14.2. The number of Topliss-reactive ketones (excluding diaryl/α,β-unsaturated/α-hetero) is 1. The molecule has 0 unspecified atom stereocenters. The van der Waals surface area contributed by atoms with Gasteiger partial charge in [0.25, 0.3) is 5.56 Å². The Morgan fingerprint density at radius 3 is 2.59 bits per heavy atom. The first-order valence-electron chi connectivity index (χ1n) is 13.6. The number of methoxy groups -OCH3 is 1. The third kappa shape index (κ3) is 5.63. The third-order valence-corrected chi connectivity index (χ3v) is 8.45. The molecule has 6 rings (SSSR count). The van der Waals surface area contributed by atoms with Gasteiger partial charge in [-0.2, -0.15) is 0 Å². The van der Waals surface area contributed by atoms with E-state index in [-0.39, 0.29) is 29.4 Å². The number of ketones is 1. The molecular weight excluding hydrogens is 539 g/mol. The molecule has 2 aromatic heterocycles. The summed E-state index contributed by atoms with van der Waals surface area (Å²) in [5, 5.41) is 0.618. The number of benzene rings is 3. The third-order valence-electron chi connectivity index (χ3n) is 7.46. The molecule has 1 fully saturated rings. The average molecular weight is 569 g/mol. The minimum absolute atomic E-state index is 0.177. The molecule has 5 aromatic rings. The van der Waals surface area contributed by atoms with Crippen LogP contribution in [-0.2, 0) is 17.8 Å². The van der Waals surface area contributed by atoms with Crippen molar-refractivity contribution in [2.45, 2.75) is 38.3 Å². The monoisotopic (exact) mass is 568 g/mol. The molecule has 1 atom stereocenters. The van der Waals surface area contributed by atoms with Crippen molar-refractivity contribution in [2.24, 2.45) is 0 Å². The Kier molecular flexibility index (Phi) is 7.61. The van der Waals surface area contributed by atoms with Crippen molar-refractivity contribution in [1.29, 1.82) is 0 Å². The fourth-order valence-electron chi connectivity index (χ4n) is 5.34. The van der Waals surface area contributed by atoms with Crippen LogP contribution in [0.1, 0.15) is 30.4 Å². The maximum Gasteiger partial charge on any atom is 0.281 e. The van der Waals surface area contributed by atoms with Crippen LogP contribution in [0.15, 0.2) is 83.7 Å². The van der Waals surface area contributed by atoms with Crippen molar-refractivity contribution in [1.82, 2.24) is 14.5 Å². The molecule has 1 aliphatic heterocycles. The summed E-state index contributed by atoms with van der Waals surface area (Å²) >= 11 is 1.31. The van der Waals surface area contributed by atoms with Crippen LogP contribution in [0.4, 0.5) is 9.52 Å². The smallest absolute Gasteiger partial charge is 0.281 e. The van der Waals surface area contributed by atoms with E-state index in [1.54, 1.807) is 19.2 Å². The zero-order valence-electron chi connectivity index (χ0n) is 22.6. The molecule has 0 radical (unpaired) electrons. The fourth-order valence-corrected chi connectivity index (χ4v) is 6.34. The van der Waals surface area contributed by atoms with Crippen LogP contribution in [0.25, 0.3) is 21.7 Å². The summed E-state index contributed by atoms with van der Waals surface area (Å²) in [5.74, 6) is 0.843. The van der Waals surface area contributed by atoms with Crippen LogP contribution >= 0.6 is 11.3 Å². The van der Waals surface area contributed by atoms with Gasteiger partial charge in [-0.1, -0.05) is 65.9 Å². The van der Waals surface area contributed by atoms with Gasteiger partial charge in [0.15, 0.2) is 21.3 Å². The van der Waals surface area contributed by atoms with Gasteiger partial charge in [0.2, 0.25) is 0 Å². The summed E-state index contributed by atoms with van der Waals surface area (Å²) in [6, 6.07) is 23.2. The summed E-state index contributed by atoms with van der Waals surface area (Å²) in [7, 11) is 1.60. The van der Waals surface area contributed by atoms with Crippen LogP contribution in [0.2, 0.25) is 0 Å².